The molecule has 2 bridgehead atoms. The zero-order valence-corrected chi connectivity index (χ0v) is 15.1. The van der Waals surface area contributed by atoms with Crippen LogP contribution in [-0.2, 0) is 23.8 Å². The minimum Gasteiger partial charge on any atom is -0.393 e. The highest BCUT2D eigenvalue weighted by atomic mass is 16.6. The average molecular weight is 338 g/mol. The summed E-state index contributed by atoms with van der Waals surface area (Å²) in [5.74, 6) is -1.93. The van der Waals surface area contributed by atoms with E-state index in [9.17, 15) is 9.59 Å². The molecule has 0 amide bonds. The third kappa shape index (κ3) is 3.89. The number of carbonyl (C=O) groups excluding carboxylic acids is 2. The summed E-state index contributed by atoms with van der Waals surface area (Å²) in [4.78, 5) is 23.5. The maximum absolute atomic E-state index is 11.9. The number of esters is 2. The third-order valence-corrected chi connectivity index (χ3v) is 4.61. The molecule has 5 nitrogen and oxygen atoms in total. The summed E-state index contributed by atoms with van der Waals surface area (Å²) in [5, 5.41) is 0. The largest absolute Gasteiger partial charge is 0.393 e. The Morgan fingerprint density at radius 1 is 1.08 bits per heavy atom. The predicted octanol–water partition coefficient (Wildman–Crippen LogP) is 3.41. The van der Waals surface area contributed by atoms with Gasteiger partial charge < -0.3 is 14.2 Å². The Hall–Kier alpha value is -1.20. The van der Waals surface area contributed by atoms with Crippen LogP contribution < -0.4 is 0 Å². The van der Waals surface area contributed by atoms with E-state index in [1.54, 1.807) is 0 Å². The lowest BCUT2D eigenvalue weighted by atomic mass is 9.77. The van der Waals surface area contributed by atoms with Crippen LogP contribution in [-0.4, -0.2) is 36.9 Å². The minimum absolute atomic E-state index is 0.317. The molecule has 0 saturated carbocycles. The lowest BCUT2D eigenvalue weighted by molar-refractivity contribution is -0.159. The standard InChI is InChI=1S/C16H22O5.C3H8/c1-2-3-4-5-6-9-19-10-16-8-7-11(21-16)12-13(16)15(18)20-14(12)17;1-3-2/h7-8,11-13H,2-6,9-10H2,1H3;3H2,1-2H3. The zero-order valence-electron chi connectivity index (χ0n) is 15.1. The molecule has 2 fully saturated rings. The van der Waals surface area contributed by atoms with Gasteiger partial charge in [-0.05, 0) is 6.42 Å². The fourth-order valence-corrected chi connectivity index (χ4v) is 3.51. The molecule has 4 unspecified atom stereocenters. The number of ether oxygens (including phenoxy) is 3. The number of hydrogen-bond donors (Lipinski definition) is 0. The van der Waals surface area contributed by atoms with Crippen LogP contribution >= 0.6 is 0 Å². The summed E-state index contributed by atoms with van der Waals surface area (Å²) in [7, 11) is 0. The molecule has 2 saturated heterocycles. The Labute approximate surface area is 144 Å². The molecule has 0 aromatic heterocycles. The van der Waals surface area contributed by atoms with Crippen molar-refractivity contribution in [3.63, 3.8) is 0 Å². The molecule has 4 atom stereocenters. The first-order valence-electron chi connectivity index (χ1n) is 9.30. The van der Waals surface area contributed by atoms with Crippen LogP contribution in [0, 0.1) is 11.8 Å². The van der Waals surface area contributed by atoms with Gasteiger partial charge in [-0.15, -0.1) is 0 Å². The van der Waals surface area contributed by atoms with E-state index in [-0.39, 0.29) is 6.10 Å². The Morgan fingerprint density at radius 2 is 1.79 bits per heavy atom. The Balaban J connectivity index is 0.000000647. The van der Waals surface area contributed by atoms with Crippen LogP contribution in [0.4, 0.5) is 0 Å². The second-order valence-corrected chi connectivity index (χ2v) is 6.81. The van der Waals surface area contributed by atoms with Gasteiger partial charge in [0.05, 0.1) is 12.7 Å². The summed E-state index contributed by atoms with van der Waals surface area (Å²) in [6, 6.07) is 0. The average Bonchev–Trinajstić information content (AvgIpc) is 3.19. The molecule has 0 aliphatic carbocycles. The molecule has 0 aromatic carbocycles. The van der Waals surface area contributed by atoms with Crippen molar-refractivity contribution in [3.05, 3.63) is 12.2 Å². The number of rotatable bonds is 8. The molecule has 24 heavy (non-hydrogen) atoms. The van der Waals surface area contributed by atoms with Gasteiger partial charge in [0.15, 0.2) is 0 Å². The normalized spacial score (nSPS) is 32.5. The van der Waals surface area contributed by atoms with Gasteiger partial charge in [-0.1, -0.05) is 65.0 Å². The topological polar surface area (TPSA) is 61.8 Å². The van der Waals surface area contributed by atoms with Gasteiger partial charge >= 0.3 is 11.9 Å². The Kier molecular flexibility index (Phi) is 6.99. The maximum atomic E-state index is 11.9. The van der Waals surface area contributed by atoms with E-state index in [0.717, 1.165) is 12.8 Å². The van der Waals surface area contributed by atoms with Gasteiger partial charge in [-0.25, -0.2) is 0 Å². The van der Waals surface area contributed by atoms with E-state index in [1.165, 1.54) is 25.7 Å². The summed E-state index contributed by atoms with van der Waals surface area (Å²) in [6.45, 7) is 7.42. The van der Waals surface area contributed by atoms with Crippen molar-refractivity contribution in [3.8, 4) is 0 Å². The van der Waals surface area contributed by atoms with Gasteiger partial charge in [-0.3, -0.25) is 9.59 Å². The summed E-state index contributed by atoms with van der Waals surface area (Å²) in [5.41, 5.74) is -0.790. The number of unbranched alkanes of at least 4 members (excludes halogenated alkanes) is 4. The highest BCUT2D eigenvalue weighted by Gasteiger charge is 2.67. The molecule has 3 aliphatic rings. The zero-order chi connectivity index (χ0) is 17.6. The number of fused-ring (bicyclic) bond motifs is 5. The van der Waals surface area contributed by atoms with Crippen LogP contribution in [0.15, 0.2) is 12.2 Å². The van der Waals surface area contributed by atoms with Crippen molar-refractivity contribution in [1.29, 1.82) is 0 Å². The van der Waals surface area contributed by atoms with Crippen molar-refractivity contribution in [2.24, 2.45) is 11.8 Å². The van der Waals surface area contributed by atoms with Crippen molar-refractivity contribution < 1.29 is 23.8 Å². The molecule has 0 spiro atoms. The molecule has 136 valence electrons. The molecule has 0 aromatic rings. The quantitative estimate of drug-likeness (QED) is 0.294. The number of cyclic esters (lactones) is 2. The second kappa shape index (κ2) is 8.77. The highest BCUT2D eigenvalue weighted by Crippen LogP contribution is 2.51. The van der Waals surface area contributed by atoms with Crippen LogP contribution in [0.2, 0.25) is 0 Å². The molecule has 0 N–H and O–H groups in total. The monoisotopic (exact) mass is 338 g/mol. The van der Waals surface area contributed by atoms with Crippen LogP contribution in [0.3, 0.4) is 0 Å². The Morgan fingerprint density at radius 3 is 2.50 bits per heavy atom. The van der Waals surface area contributed by atoms with E-state index < -0.39 is 29.4 Å². The molecule has 3 rings (SSSR count). The summed E-state index contributed by atoms with van der Waals surface area (Å²) in [6.07, 6.45) is 10.5. The van der Waals surface area contributed by atoms with Crippen molar-refractivity contribution >= 4 is 11.9 Å². The van der Waals surface area contributed by atoms with E-state index in [0.29, 0.717) is 13.2 Å². The lowest BCUT2D eigenvalue weighted by Crippen LogP contribution is -2.42. The third-order valence-electron chi connectivity index (χ3n) is 4.61. The molecule has 3 heterocycles. The highest BCUT2D eigenvalue weighted by molar-refractivity contribution is 5.99. The fraction of sp³-hybridized carbons (Fsp3) is 0.789. The fourth-order valence-electron chi connectivity index (χ4n) is 3.51. The molecule has 3 aliphatic heterocycles. The summed E-state index contributed by atoms with van der Waals surface area (Å²) < 4.78 is 16.3. The summed E-state index contributed by atoms with van der Waals surface area (Å²) >= 11 is 0. The maximum Gasteiger partial charge on any atom is 0.320 e. The van der Waals surface area contributed by atoms with Crippen LogP contribution in [0.25, 0.3) is 0 Å². The van der Waals surface area contributed by atoms with E-state index >= 15 is 0 Å². The Bertz CT molecular complexity index is 472. The predicted molar refractivity (Wildman–Crippen MR) is 90.4 cm³/mol. The second-order valence-electron chi connectivity index (χ2n) is 6.81. The SMILES string of the molecule is CCC.CCCCCCCOCC12C=CC(O1)C1C(=O)OC(=O)C12. The van der Waals surface area contributed by atoms with Gasteiger partial charge in [0, 0.05) is 6.61 Å². The minimum atomic E-state index is -0.790. The molecule has 5 heteroatoms. The van der Waals surface area contributed by atoms with E-state index in [1.807, 2.05) is 12.2 Å². The van der Waals surface area contributed by atoms with Crippen LogP contribution in [0.1, 0.15) is 59.3 Å². The lowest BCUT2D eigenvalue weighted by Gasteiger charge is -2.26. The first-order valence-corrected chi connectivity index (χ1v) is 9.30. The first kappa shape index (κ1) is 19.1. The number of carbonyl (C=O) groups is 2. The van der Waals surface area contributed by atoms with Crippen LogP contribution in [0.5, 0.6) is 0 Å². The van der Waals surface area contributed by atoms with E-state index in [2.05, 4.69) is 20.8 Å². The van der Waals surface area contributed by atoms with Crippen molar-refractivity contribution in [2.75, 3.05) is 13.2 Å². The van der Waals surface area contributed by atoms with Gasteiger partial charge in [0.1, 0.15) is 17.4 Å². The van der Waals surface area contributed by atoms with Gasteiger partial charge in [0.25, 0.3) is 0 Å². The molecular formula is C19H30O5. The van der Waals surface area contributed by atoms with Crippen molar-refractivity contribution in [1.82, 2.24) is 0 Å². The van der Waals surface area contributed by atoms with E-state index in [4.69, 9.17) is 14.2 Å². The molecule has 0 radical (unpaired) electrons. The first-order chi connectivity index (χ1) is 11.6. The van der Waals surface area contributed by atoms with Gasteiger partial charge in [0.2, 0.25) is 0 Å². The number of hydrogen-bond acceptors (Lipinski definition) is 5. The van der Waals surface area contributed by atoms with Crippen molar-refractivity contribution in [2.45, 2.75) is 71.0 Å². The molecular weight excluding hydrogens is 308 g/mol. The smallest absolute Gasteiger partial charge is 0.320 e. The van der Waals surface area contributed by atoms with Gasteiger partial charge in [-0.2, -0.15) is 0 Å².